The minimum Gasteiger partial charge on any atom is -0.263 e. The number of hydrogen-bond donors (Lipinski definition) is 0. The van der Waals surface area contributed by atoms with Crippen LogP contribution < -0.4 is 4.31 Å². The zero-order valence-electron chi connectivity index (χ0n) is 11.4. The average Bonchev–Trinajstić information content (AvgIpc) is 2.49. The minimum atomic E-state index is -3.97. The van der Waals surface area contributed by atoms with Crippen LogP contribution >= 0.6 is 23.2 Å². The fourth-order valence-corrected chi connectivity index (χ4v) is 4.89. The van der Waals surface area contributed by atoms with Gasteiger partial charge >= 0.3 is 0 Å². The summed E-state index contributed by atoms with van der Waals surface area (Å²) in [6, 6.07) is 8.79. The molecule has 22 heavy (non-hydrogen) atoms. The van der Waals surface area contributed by atoms with Gasteiger partial charge in [-0.05, 0) is 42.7 Å². The molecule has 0 N–H and O–H groups in total. The molecule has 0 fully saturated rings. The van der Waals surface area contributed by atoms with Crippen molar-refractivity contribution in [2.24, 2.45) is 0 Å². The van der Waals surface area contributed by atoms with Crippen molar-refractivity contribution in [3.05, 3.63) is 57.8 Å². The van der Waals surface area contributed by atoms with Gasteiger partial charge in [-0.2, -0.15) is 0 Å². The maximum Gasteiger partial charge on any atom is 0.265 e. The number of aryl methyl sites for hydroxylation is 1. The van der Waals surface area contributed by atoms with Gasteiger partial charge < -0.3 is 0 Å². The molecule has 0 saturated heterocycles. The lowest BCUT2D eigenvalue weighted by molar-refractivity contribution is 0.577. The highest BCUT2D eigenvalue weighted by Crippen LogP contribution is 2.36. The smallest absolute Gasteiger partial charge is 0.263 e. The van der Waals surface area contributed by atoms with Crippen LogP contribution in [0.25, 0.3) is 0 Å². The third-order valence-corrected chi connectivity index (χ3v) is 6.10. The lowest BCUT2D eigenvalue weighted by Gasteiger charge is -2.31. The molecule has 2 aromatic rings. The molecular formula is C15H12Cl2FNO2S. The van der Waals surface area contributed by atoms with Gasteiger partial charge in [0.15, 0.2) is 0 Å². The molecule has 0 aliphatic carbocycles. The van der Waals surface area contributed by atoms with Gasteiger partial charge in [-0.15, -0.1) is 0 Å². The highest BCUT2D eigenvalue weighted by molar-refractivity contribution is 7.93. The zero-order valence-corrected chi connectivity index (χ0v) is 13.7. The van der Waals surface area contributed by atoms with Crippen LogP contribution in [0.15, 0.2) is 41.3 Å². The third-order valence-electron chi connectivity index (χ3n) is 3.59. The first-order valence-corrected chi connectivity index (χ1v) is 8.86. The number of sulfonamides is 1. The monoisotopic (exact) mass is 359 g/mol. The largest absolute Gasteiger partial charge is 0.265 e. The first-order chi connectivity index (χ1) is 10.4. The van der Waals surface area contributed by atoms with Crippen molar-refractivity contribution in [1.29, 1.82) is 0 Å². The molecule has 0 unspecified atom stereocenters. The zero-order chi connectivity index (χ0) is 15.9. The van der Waals surface area contributed by atoms with Crippen LogP contribution in [0, 0.1) is 5.82 Å². The lowest BCUT2D eigenvalue weighted by atomic mass is 10.0. The Hall–Kier alpha value is -1.30. The summed E-state index contributed by atoms with van der Waals surface area (Å²) in [6.07, 6.45) is 1.26. The van der Waals surface area contributed by atoms with E-state index in [9.17, 15) is 12.8 Å². The van der Waals surface area contributed by atoms with Gasteiger partial charge in [-0.25, -0.2) is 12.8 Å². The Morgan fingerprint density at radius 1 is 1.14 bits per heavy atom. The second-order valence-electron chi connectivity index (χ2n) is 5.00. The second-order valence-corrected chi connectivity index (χ2v) is 7.68. The Bertz CT molecular complexity index is 839. The van der Waals surface area contributed by atoms with Crippen molar-refractivity contribution >= 4 is 38.9 Å². The SMILES string of the molecule is O=S(=O)(c1cc(Cl)ccc1Cl)N1CCCc2cccc(F)c21. The first-order valence-electron chi connectivity index (χ1n) is 6.66. The molecule has 2 aromatic carbocycles. The molecular weight excluding hydrogens is 348 g/mol. The van der Waals surface area contributed by atoms with E-state index < -0.39 is 15.8 Å². The number of anilines is 1. The van der Waals surface area contributed by atoms with Crippen molar-refractivity contribution in [2.45, 2.75) is 17.7 Å². The van der Waals surface area contributed by atoms with Gasteiger partial charge in [-0.1, -0.05) is 35.3 Å². The molecule has 0 spiro atoms. The lowest BCUT2D eigenvalue weighted by Crippen LogP contribution is -2.36. The highest BCUT2D eigenvalue weighted by Gasteiger charge is 2.32. The van der Waals surface area contributed by atoms with Crippen LogP contribution in [0.4, 0.5) is 10.1 Å². The van der Waals surface area contributed by atoms with Crippen LogP contribution in [-0.2, 0) is 16.4 Å². The number of nitrogens with zero attached hydrogens (tertiary/aromatic N) is 1. The molecule has 3 nitrogen and oxygen atoms in total. The molecule has 1 aliphatic heterocycles. The summed E-state index contributed by atoms with van der Waals surface area (Å²) < 4.78 is 41.0. The number of fused-ring (bicyclic) bond motifs is 1. The normalized spacial score (nSPS) is 14.8. The van der Waals surface area contributed by atoms with E-state index in [1.165, 1.54) is 24.3 Å². The fourth-order valence-electron chi connectivity index (χ4n) is 2.60. The summed E-state index contributed by atoms with van der Waals surface area (Å²) in [4.78, 5) is -0.113. The molecule has 1 aliphatic rings. The Morgan fingerprint density at radius 3 is 2.68 bits per heavy atom. The predicted octanol–water partition coefficient (Wildman–Crippen LogP) is 4.27. The molecule has 0 atom stereocenters. The van der Waals surface area contributed by atoms with Crippen LogP contribution in [0.5, 0.6) is 0 Å². The maximum atomic E-state index is 14.2. The topological polar surface area (TPSA) is 37.4 Å². The van der Waals surface area contributed by atoms with Crippen LogP contribution in [0.2, 0.25) is 10.0 Å². The molecule has 0 saturated carbocycles. The maximum absolute atomic E-state index is 14.2. The van der Waals surface area contributed by atoms with E-state index in [0.29, 0.717) is 18.4 Å². The molecule has 1 heterocycles. The molecule has 116 valence electrons. The summed E-state index contributed by atoms with van der Waals surface area (Å²) in [7, 11) is -3.97. The second kappa shape index (κ2) is 5.72. The Balaban J connectivity index is 2.18. The van der Waals surface area contributed by atoms with E-state index in [2.05, 4.69) is 0 Å². The molecule has 0 radical (unpaired) electrons. The molecule has 0 bridgehead atoms. The summed E-state index contributed by atoms with van der Waals surface area (Å²) in [6.45, 7) is 0.207. The quantitative estimate of drug-likeness (QED) is 0.802. The molecule has 3 rings (SSSR count). The van der Waals surface area contributed by atoms with Crippen molar-refractivity contribution in [2.75, 3.05) is 10.8 Å². The van der Waals surface area contributed by atoms with E-state index in [0.717, 1.165) is 4.31 Å². The van der Waals surface area contributed by atoms with E-state index in [1.807, 2.05) is 0 Å². The van der Waals surface area contributed by atoms with E-state index in [-0.39, 0.29) is 27.2 Å². The van der Waals surface area contributed by atoms with Gasteiger partial charge in [0.25, 0.3) is 10.0 Å². The van der Waals surface area contributed by atoms with Crippen molar-refractivity contribution in [1.82, 2.24) is 0 Å². The number of halogens is 3. The van der Waals surface area contributed by atoms with Crippen molar-refractivity contribution in [3.63, 3.8) is 0 Å². The Morgan fingerprint density at radius 2 is 1.91 bits per heavy atom. The number of hydrogen-bond acceptors (Lipinski definition) is 2. The third kappa shape index (κ3) is 2.57. The van der Waals surface area contributed by atoms with Gasteiger partial charge in [0, 0.05) is 11.6 Å². The standard InChI is InChI=1S/C15H12Cl2FNO2S/c16-11-6-7-12(17)14(9-11)22(20,21)19-8-2-4-10-3-1-5-13(18)15(10)19/h1,3,5-7,9H,2,4,8H2. The average molecular weight is 360 g/mol. The summed E-state index contributed by atoms with van der Waals surface area (Å²) >= 11 is 11.9. The highest BCUT2D eigenvalue weighted by atomic mass is 35.5. The summed E-state index contributed by atoms with van der Waals surface area (Å²) in [5.74, 6) is -0.557. The van der Waals surface area contributed by atoms with Gasteiger partial charge in [0.1, 0.15) is 10.7 Å². The van der Waals surface area contributed by atoms with Crippen LogP contribution in [0.1, 0.15) is 12.0 Å². The van der Waals surface area contributed by atoms with E-state index >= 15 is 0 Å². The van der Waals surface area contributed by atoms with Crippen LogP contribution in [0.3, 0.4) is 0 Å². The Kier molecular flexibility index (Phi) is 4.05. The van der Waals surface area contributed by atoms with E-state index in [1.54, 1.807) is 12.1 Å². The predicted molar refractivity (Wildman–Crippen MR) is 85.7 cm³/mol. The first kappa shape index (κ1) is 15.6. The van der Waals surface area contributed by atoms with E-state index in [4.69, 9.17) is 23.2 Å². The summed E-state index contributed by atoms with van der Waals surface area (Å²) in [5.41, 5.74) is 0.776. The van der Waals surface area contributed by atoms with Gasteiger partial charge in [0.2, 0.25) is 0 Å². The number of rotatable bonds is 2. The fraction of sp³-hybridized carbons (Fsp3) is 0.200. The molecule has 0 aromatic heterocycles. The van der Waals surface area contributed by atoms with Crippen molar-refractivity contribution in [3.8, 4) is 0 Å². The van der Waals surface area contributed by atoms with Gasteiger partial charge in [-0.3, -0.25) is 4.31 Å². The Labute approximate surface area is 138 Å². The van der Waals surface area contributed by atoms with Gasteiger partial charge in [0.05, 0.1) is 10.7 Å². The van der Waals surface area contributed by atoms with Crippen LogP contribution in [-0.4, -0.2) is 15.0 Å². The molecule has 0 amide bonds. The number of para-hydroxylation sites is 1. The molecule has 7 heteroatoms. The minimum absolute atomic E-state index is 0.0628. The summed E-state index contributed by atoms with van der Waals surface area (Å²) in [5, 5.41) is 0.321. The number of benzene rings is 2. The van der Waals surface area contributed by atoms with Crippen molar-refractivity contribution < 1.29 is 12.8 Å².